The van der Waals surface area contributed by atoms with Gasteiger partial charge < -0.3 is 5.11 Å². The number of halogens is 2. The second-order valence-corrected chi connectivity index (χ2v) is 6.36. The van der Waals surface area contributed by atoms with Crippen LogP contribution in [0.4, 0.5) is 10.1 Å². The summed E-state index contributed by atoms with van der Waals surface area (Å²) in [5, 5.41) is 11.3. The fraction of sp³-hybridized carbons (Fsp3) is 0.200. The maximum atomic E-state index is 13.3. The first kappa shape index (κ1) is 15.0. The topological polar surface area (TPSA) is 57.6 Å². The van der Waals surface area contributed by atoms with E-state index in [9.17, 15) is 19.1 Å². The molecule has 2 heterocycles. The van der Waals surface area contributed by atoms with Crippen LogP contribution in [0.2, 0.25) is 5.02 Å². The Labute approximate surface area is 134 Å². The fourth-order valence-corrected chi connectivity index (χ4v) is 3.75. The third-order valence-electron chi connectivity index (χ3n) is 3.67. The molecular formula is C15H11ClFNO3S. The highest BCUT2D eigenvalue weighted by Crippen LogP contribution is 2.40. The number of carbonyl (C=O) groups is 2. The van der Waals surface area contributed by atoms with Crippen molar-refractivity contribution in [3.8, 4) is 0 Å². The smallest absolute Gasteiger partial charge is 0.327 e. The van der Waals surface area contributed by atoms with Crippen molar-refractivity contribution in [3.63, 3.8) is 0 Å². The summed E-state index contributed by atoms with van der Waals surface area (Å²) in [6.45, 7) is 0. The van der Waals surface area contributed by atoms with Gasteiger partial charge in [0.1, 0.15) is 11.9 Å². The minimum atomic E-state index is -1.09. The summed E-state index contributed by atoms with van der Waals surface area (Å²) in [5.74, 6) is -2.44. The zero-order chi connectivity index (χ0) is 15.9. The lowest BCUT2D eigenvalue weighted by Crippen LogP contribution is -2.40. The molecule has 22 heavy (non-hydrogen) atoms. The molecule has 2 aromatic rings. The van der Waals surface area contributed by atoms with E-state index in [0.717, 1.165) is 10.9 Å². The highest BCUT2D eigenvalue weighted by atomic mass is 35.5. The first-order valence-corrected chi connectivity index (χ1v) is 7.78. The van der Waals surface area contributed by atoms with E-state index in [1.807, 2.05) is 17.5 Å². The van der Waals surface area contributed by atoms with Gasteiger partial charge in [0.25, 0.3) is 0 Å². The van der Waals surface area contributed by atoms with Crippen molar-refractivity contribution in [1.82, 2.24) is 0 Å². The lowest BCUT2D eigenvalue weighted by molar-refractivity contribution is -0.139. The van der Waals surface area contributed by atoms with Crippen LogP contribution in [0.5, 0.6) is 0 Å². The third kappa shape index (κ3) is 2.48. The molecule has 1 amide bonds. The van der Waals surface area contributed by atoms with Crippen LogP contribution in [-0.2, 0) is 9.59 Å². The number of nitrogens with zero attached hydrogens (tertiary/aromatic N) is 1. The van der Waals surface area contributed by atoms with Crippen LogP contribution in [0.3, 0.4) is 0 Å². The van der Waals surface area contributed by atoms with E-state index >= 15 is 0 Å². The van der Waals surface area contributed by atoms with Gasteiger partial charge in [0.05, 0.1) is 5.02 Å². The van der Waals surface area contributed by atoms with Gasteiger partial charge in [-0.1, -0.05) is 17.7 Å². The van der Waals surface area contributed by atoms with E-state index in [-0.39, 0.29) is 17.4 Å². The Hall–Kier alpha value is -1.92. The number of carbonyl (C=O) groups excluding carboxylic acids is 1. The maximum absolute atomic E-state index is 13.3. The van der Waals surface area contributed by atoms with Gasteiger partial charge in [-0.2, -0.15) is 0 Å². The molecule has 1 N–H and O–H groups in total. The number of hydrogen-bond acceptors (Lipinski definition) is 3. The van der Waals surface area contributed by atoms with E-state index in [1.54, 1.807) is 0 Å². The first-order valence-electron chi connectivity index (χ1n) is 6.52. The number of carboxylic acids is 1. The van der Waals surface area contributed by atoms with E-state index in [2.05, 4.69) is 0 Å². The molecule has 1 saturated heterocycles. The number of hydrogen-bond donors (Lipinski definition) is 1. The summed E-state index contributed by atoms with van der Waals surface area (Å²) in [5.41, 5.74) is 0.294. The molecular weight excluding hydrogens is 329 g/mol. The highest BCUT2D eigenvalue weighted by molar-refractivity contribution is 7.10. The molecule has 1 fully saturated rings. The SMILES string of the molecule is O=C(O)[C@H]1[C@H](c2cccs2)CC(=O)N1c1ccc(F)c(Cl)c1. The number of rotatable bonds is 3. The van der Waals surface area contributed by atoms with Crippen LogP contribution in [0.15, 0.2) is 35.7 Å². The summed E-state index contributed by atoms with van der Waals surface area (Å²) >= 11 is 7.16. The van der Waals surface area contributed by atoms with Gasteiger partial charge in [0, 0.05) is 22.9 Å². The summed E-state index contributed by atoms with van der Waals surface area (Å²) < 4.78 is 13.3. The quantitative estimate of drug-likeness (QED) is 0.931. The van der Waals surface area contributed by atoms with Crippen LogP contribution < -0.4 is 4.90 Å². The van der Waals surface area contributed by atoms with Crippen molar-refractivity contribution in [2.75, 3.05) is 4.90 Å². The van der Waals surface area contributed by atoms with E-state index < -0.39 is 23.7 Å². The molecule has 4 nitrogen and oxygen atoms in total. The van der Waals surface area contributed by atoms with Crippen molar-refractivity contribution in [3.05, 3.63) is 51.4 Å². The van der Waals surface area contributed by atoms with Gasteiger partial charge in [0.15, 0.2) is 0 Å². The Kier molecular flexibility index (Phi) is 3.88. The third-order valence-corrected chi connectivity index (χ3v) is 4.96. The summed E-state index contributed by atoms with van der Waals surface area (Å²) in [4.78, 5) is 26.1. The number of anilines is 1. The second kappa shape index (κ2) is 5.70. The molecule has 2 atom stereocenters. The zero-order valence-corrected chi connectivity index (χ0v) is 12.8. The number of carboxylic acid groups (broad SMARTS) is 1. The minimum absolute atomic E-state index is 0.104. The Morgan fingerprint density at radius 1 is 1.41 bits per heavy atom. The van der Waals surface area contributed by atoms with Crippen LogP contribution in [-0.4, -0.2) is 23.0 Å². The predicted molar refractivity (Wildman–Crippen MR) is 82.0 cm³/mol. The summed E-state index contributed by atoms with van der Waals surface area (Å²) in [7, 11) is 0. The molecule has 0 unspecified atom stereocenters. The Balaban J connectivity index is 2.04. The van der Waals surface area contributed by atoms with Crippen LogP contribution in [0.25, 0.3) is 0 Å². The minimum Gasteiger partial charge on any atom is -0.480 e. The van der Waals surface area contributed by atoms with Crippen molar-refractivity contribution in [1.29, 1.82) is 0 Å². The van der Waals surface area contributed by atoms with E-state index in [4.69, 9.17) is 11.6 Å². The van der Waals surface area contributed by atoms with Crippen molar-refractivity contribution in [2.24, 2.45) is 0 Å². The molecule has 0 radical (unpaired) electrons. The lowest BCUT2D eigenvalue weighted by atomic mass is 9.98. The molecule has 1 aromatic heterocycles. The molecule has 0 bridgehead atoms. The Morgan fingerprint density at radius 3 is 2.77 bits per heavy atom. The number of benzene rings is 1. The normalized spacial score (nSPS) is 21.4. The molecule has 0 saturated carbocycles. The Bertz CT molecular complexity index is 734. The monoisotopic (exact) mass is 339 g/mol. The summed E-state index contributed by atoms with van der Waals surface area (Å²) in [6, 6.07) is 6.39. The van der Waals surface area contributed by atoms with Gasteiger partial charge in [-0.05, 0) is 29.6 Å². The van der Waals surface area contributed by atoms with Gasteiger partial charge in [0.2, 0.25) is 5.91 Å². The van der Waals surface area contributed by atoms with Crippen molar-refractivity contribution < 1.29 is 19.1 Å². The molecule has 7 heteroatoms. The number of aliphatic carboxylic acids is 1. The van der Waals surface area contributed by atoms with E-state index in [0.29, 0.717) is 5.69 Å². The predicted octanol–water partition coefficient (Wildman–Crippen LogP) is 3.51. The number of thiophene rings is 1. The first-order chi connectivity index (χ1) is 10.5. The molecule has 1 aromatic carbocycles. The van der Waals surface area contributed by atoms with Gasteiger partial charge in [-0.3, -0.25) is 9.69 Å². The molecule has 1 aliphatic heterocycles. The standard InChI is InChI=1S/C15H11ClFNO3S/c16-10-6-8(3-4-11(10)17)18-13(19)7-9(14(18)15(20)21)12-2-1-5-22-12/h1-6,9,14H,7H2,(H,20,21)/t9-,14+/m0/s1. The molecule has 3 rings (SSSR count). The maximum Gasteiger partial charge on any atom is 0.327 e. The van der Waals surface area contributed by atoms with Gasteiger partial charge >= 0.3 is 5.97 Å². The van der Waals surface area contributed by atoms with Crippen molar-refractivity contribution >= 4 is 40.5 Å². The summed E-state index contributed by atoms with van der Waals surface area (Å²) in [6.07, 6.45) is 0.104. The Morgan fingerprint density at radius 2 is 2.18 bits per heavy atom. The van der Waals surface area contributed by atoms with Crippen molar-refractivity contribution in [2.45, 2.75) is 18.4 Å². The number of amides is 1. The average Bonchev–Trinajstić information content (AvgIpc) is 3.09. The van der Waals surface area contributed by atoms with Crippen LogP contribution in [0.1, 0.15) is 17.2 Å². The van der Waals surface area contributed by atoms with Gasteiger partial charge in [-0.15, -0.1) is 11.3 Å². The van der Waals surface area contributed by atoms with Gasteiger partial charge in [-0.25, -0.2) is 9.18 Å². The highest BCUT2D eigenvalue weighted by Gasteiger charge is 2.46. The molecule has 0 spiro atoms. The molecule has 0 aliphatic carbocycles. The van der Waals surface area contributed by atoms with Crippen LogP contribution >= 0.6 is 22.9 Å². The zero-order valence-electron chi connectivity index (χ0n) is 11.2. The molecule has 1 aliphatic rings. The largest absolute Gasteiger partial charge is 0.480 e. The van der Waals surface area contributed by atoms with Crippen LogP contribution in [0, 0.1) is 5.82 Å². The lowest BCUT2D eigenvalue weighted by Gasteiger charge is -2.24. The second-order valence-electron chi connectivity index (χ2n) is 4.97. The van der Waals surface area contributed by atoms with E-state index in [1.165, 1.54) is 28.4 Å². The fourth-order valence-electron chi connectivity index (χ4n) is 2.71. The molecule has 114 valence electrons. The average molecular weight is 340 g/mol.